The van der Waals surface area contributed by atoms with Crippen molar-refractivity contribution in [2.75, 3.05) is 11.9 Å². The van der Waals surface area contributed by atoms with Crippen molar-refractivity contribution in [2.24, 2.45) is 0 Å². The van der Waals surface area contributed by atoms with E-state index in [4.69, 9.17) is 23.8 Å². The molecule has 1 aliphatic rings. The van der Waals surface area contributed by atoms with Crippen molar-refractivity contribution < 1.29 is 0 Å². The lowest BCUT2D eigenvalue weighted by Gasteiger charge is -2.35. The average molecular weight is 311 g/mol. The molecule has 20 heavy (non-hydrogen) atoms. The molecule has 1 aromatic rings. The molecule has 0 amide bonds. The zero-order chi connectivity index (χ0) is 14.5. The number of rotatable bonds is 3. The van der Waals surface area contributed by atoms with E-state index in [-0.39, 0.29) is 0 Å². The van der Waals surface area contributed by atoms with Crippen LogP contribution in [0.4, 0.5) is 5.69 Å². The monoisotopic (exact) mass is 310 g/mol. The Kier molecular flexibility index (Phi) is 5.67. The normalized spacial score (nSPS) is 15.9. The lowest BCUT2D eigenvalue weighted by atomic mass is 9.94. The molecule has 0 atom stereocenters. The van der Waals surface area contributed by atoms with Crippen molar-refractivity contribution in [3.63, 3.8) is 0 Å². The molecule has 0 saturated heterocycles. The molecule has 1 N–H and O–H groups in total. The molecular weight excluding hydrogens is 288 g/mol. The van der Waals surface area contributed by atoms with Gasteiger partial charge in [-0.25, -0.2) is 0 Å². The summed E-state index contributed by atoms with van der Waals surface area (Å²) in [5, 5.41) is 4.97. The molecule has 1 aromatic carbocycles. The van der Waals surface area contributed by atoms with E-state index in [1.807, 2.05) is 25.1 Å². The van der Waals surface area contributed by atoms with E-state index in [9.17, 15) is 0 Å². The number of thiocarbonyl (C=S) groups is 1. The van der Waals surface area contributed by atoms with Gasteiger partial charge in [0.25, 0.3) is 0 Å². The summed E-state index contributed by atoms with van der Waals surface area (Å²) in [6.45, 7) is 5.15. The van der Waals surface area contributed by atoms with E-state index in [0.717, 1.165) is 27.9 Å². The second kappa shape index (κ2) is 7.28. The largest absolute Gasteiger partial charge is 0.346 e. The summed E-state index contributed by atoms with van der Waals surface area (Å²) in [4.78, 5) is 2.33. The Morgan fingerprint density at radius 1 is 1.35 bits per heavy atom. The molecule has 0 heterocycles. The van der Waals surface area contributed by atoms with Crippen LogP contribution in [0.2, 0.25) is 5.02 Å². The Balaban J connectivity index is 2.07. The number of benzene rings is 1. The van der Waals surface area contributed by atoms with Crippen LogP contribution in [0, 0.1) is 6.92 Å². The molecule has 0 unspecified atom stereocenters. The molecule has 0 spiro atoms. The van der Waals surface area contributed by atoms with Crippen LogP contribution in [-0.2, 0) is 0 Å². The highest BCUT2D eigenvalue weighted by Crippen LogP contribution is 2.26. The van der Waals surface area contributed by atoms with Gasteiger partial charge in [0, 0.05) is 23.3 Å². The Morgan fingerprint density at radius 2 is 2.05 bits per heavy atom. The summed E-state index contributed by atoms with van der Waals surface area (Å²) in [6, 6.07) is 6.48. The fourth-order valence-corrected chi connectivity index (χ4v) is 3.45. The fourth-order valence-electron chi connectivity index (χ4n) is 2.89. The van der Waals surface area contributed by atoms with Crippen molar-refractivity contribution in [3.05, 3.63) is 28.8 Å². The van der Waals surface area contributed by atoms with Gasteiger partial charge in [-0.05, 0) is 56.6 Å². The first kappa shape index (κ1) is 15.6. The van der Waals surface area contributed by atoms with Gasteiger partial charge in [0.05, 0.1) is 0 Å². The predicted molar refractivity (Wildman–Crippen MR) is 91.7 cm³/mol. The maximum Gasteiger partial charge on any atom is 0.173 e. The number of hydrogen-bond acceptors (Lipinski definition) is 1. The highest BCUT2D eigenvalue weighted by Gasteiger charge is 2.22. The Labute approximate surface area is 132 Å². The summed E-state index contributed by atoms with van der Waals surface area (Å²) in [7, 11) is 0. The number of hydrogen-bond donors (Lipinski definition) is 1. The topological polar surface area (TPSA) is 15.3 Å². The third-order valence-electron chi connectivity index (χ3n) is 4.13. The van der Waals surface area contributed by atoms with Crippen LogP contribution in [-0.4, -0.2) is 22.6 Å². The molecule has 110 valence electrons. The first-order valence-electron chi connectivity index (χ1n) is 7.46. The molecule has 4 heteroatoms. The quantitative estimate of drug-likeness (QED) is 0.791. The summed E-state index contributed by atoms with van der Waals surface area (Å²) in [5.74, 6) is 0. The molecule has 1 aliphatic carbocycles. The number of nitrogens with zero attached hydrogens (tertiary/aromatic N) is 1. The molecule has 0 bridgehead atoms. The molecule has 0 aliphatic heterocycles. The first-order valence-corrected chi connectivity index (χ1v) is 8.24. The highest BCUT2D eigenvalue weighted by molar-refractivity contribution is 7.80. The van der Waals surface area contributed by atoms with Crippen LogP contribution >= 0.6 is 23.8 Å². The Bertz CT molecular complexity index is 470. The van der Waals surface area contributed by atoms with E-state index < -0.39 is 0 Å². The van der Waals surface area contributed by atoms with Gasteiger partial charge in [0.1, 0.15) is 0 Å². The molecule has 0 radical (unpaired) electrons. The molecule has 0 aromatic heterocycles. The van der Waals surface area contributed by atoms with Crippen molar-refractivity contribution in [3.8, 4) is 0 Å². The number of halogens is 1. The molecular formula is C16H23ClN2S. The number of nitrogens with one attached hydrogen (secondary N) is 1. The minimum Gasteiger partial charge on any atom is -0.346 e. The summed E-state index contributed by atoms with van der Waals surface area (Å²) >= 11 is 11.8. The zero-order valence-corrected chi connectivity index (χ0v) is 13.9. The maximum absolute atomic E-state index is 6.16. The van der Waals surface area contributed by atoms with E-state index in [2.05, 4.69) is 17.1 Å². The van der Waals surface area contributed by atoms with Gasteiger partial charge >= 0.3 is 0 Å². The number of anilines is 1. The first-order chi connectivity index (χ1) is 9.63. The van der Waals surface area contributed by atoms with Crippen molar-refractivity contribution in [2.45, 2.75) is 52.0 Å². The molecule has 1 saturated carbocycles. The van der Waals surface area contributed by atoms with Crippen LogP contribution < -0.4 is 5.32 Å². The van der Waals surface area contributed by atoms with Crippen molar-refractivity contribution in [1.29, 1.82) is 0 Å². The van der Waals surface area contributed by atoms with E-state index in [1.54, 1.807) is 0 Å². The van der Waals surface area contributed by atoms with Crippen molar-refractivity contribution >= 4 is 34.6 Å². The Hall–Kier alpha value is -0.800. The summed E-state index contributed by atoms with van der Waals surface area (Å²) < 4.78 is 0. The smallest absolute Gasteiger partial charge is 0.173 e. The van der Waals surface area contributed by atoms with E-state index >= 15 is 0 Å². The minimum atomic E-state index is 0.591. The van der Waals surface area contributed by atoms with Gasteiger partial charge in [-0.2, -0.15) is 0 Å². The SMILES string of the molecule is CCN(C(=S)Nc1cccc(Cl)c1C)C1CCCCC1. The van der Waals surface area contributed by atoms with E-state index in [1.165, 1.54) is 32.1 Å². The third-order valence-corrected chi connectivity index (χ3v) is 4.87. The predicted octanol–water partition coefficient (Wildman–Crippen LogP) is 5.00. The second-order valence-electron chi connectivity index (χ2n) is 5.42. The van der Waals surface area contributed by atoms with Crippen LogP contribution in [0.5, 0.6) is 0 Å². The van der Waals surface area contributed by atoms with Crippen molar-refractivity contribution in [1.82, 2.24) is 4.90 Å². The van der Waals surface area contributed by atoms with Gasteiger partial charge in [-0.3, -0.25) is 0 Å². The van der Waals surface area contributed by atoms with E-state index in [0.29, 0.717) is 6.04 Å². The zero-order valence-electron chi connectivity index (χ0n) is 12.3. The van der Waals surface area contributed by atoms with Gasteiger partial charge in [0.2, 0.25) is 0 Å². The third kappa shape index (κ3) is 3.64. The minimum absolute atomic E-state index is 0.591. The average Bonchev–Trinajstić information content (AvgIpc) is 2.46. The molecule has 2 nitrogen and oxygen atoms in total. The highest BCUT2D eigenvalue weighted by atomic mass is 35.5. The van der Waals surface area contributed by atoms with Gasteiger partial charge < -0.3 is 10.2 Å². The Morgan fingerprint density at radius 3 is 2.70 bits per heavy atom. The van der Waals surface area contributed by atoms with Crippen LogP contribution in [0.15, 0.2) is 18.2 Å². The van der Waals surface area contributed by atoms with Gasteiger partial charge in [-0.15, -0.1) is 0 Å². The lowest BCUT2D eigenvalue weighted by Crippen LogP contribution is -2.43. The standard InChI is InChI=1S/C16H23ClN2S/c1-3-19(13-8-5-4-6-9-13)16(20)18-15-11-7-10-14(17)12(15)2/h7,10-11,13H,3-6,8-9H2,1-2H3,(H,18,20). The lowest BCUT2D eigenvalue weighted by molar-refractivity contribution is 0.255. The second-order valence-corrected chi connectivity index (χ2v) is 6.21. The fraction of sp³-hybridized carbons (Fsp3) is 0.562. The van der Waals surface area contributed by atoms with Crippen LogP contribution in [0.3, 0.4) is 0 Å². The summed E-state index contributed by atoms with van der Waals surface area (Å²) in [5.41, 5.74) is 2.06. The van der Waals surface area contributed by atoms with Gasteiger partial charge in [-0.1, -0.05) is 36.9 Å². The van der Waals surface area contributed by atoms with Crippen LogP contribution in [0.1, 0.15) is 44.6 Å². The molecule has 2 rings (SSSR count). The maximum atomic E-state index is 6.16. The van der Waals surface area contributed by atoms with Gasteiger partial charge in [0.15, 0.2) is 5.11 Å². The van der Waals surface area contributed by atoms with Crippen LogP contribution in [0.25, 0.3) is 0 Å². The molecule has 1 fully saturated rings. The summed E-state index contributed by atoms with van der Waals surface area (Å²) in [6.07, 6.45) is 6.51.